The van der Waals surface area contributed by atoms with Crippen molar-refractivity contribution in [3.63, 3.8) is 0 Å². The summed E-state index contributed by atoms with van der Waals surface area (Å²) in [5.74, 6) is 0.496. The van der Waals surface area contributed by atoms with E-state index in [1.54, 1.807) is 18.2 Å². The third kappa shape index (κ3) is 4.21. The Labute approximate surface area is 160 Å². The first-order chi connectivity index (χ1) is 13.3. The molecule has 0 amide bonds. The van der Waals surface area contributed by atoms with E-state index in [1.165, 1.54) is 25.3 Å². The predicted molar refractivity (Wildman–Crippen MR) is 103 cm³/mol. The molecule has 0 saturated heterocycles. The highest BCUT2D eigenvalue weighted by Gasteiger charge is 2.34. The van der Waals surface area contributed by atoms with Gasteiger partial charge in [-0.2, -0.15) is 13.2 Å². The molecular weight excluding hydrogens is 369 g/mol. The molecule has 2 aromatic carbocycles. The molecule has 3 rings (SSSR count). The first kappa shape index (κ1) is 20.0. The van der Waals surface area contributed by atoms with Crippen LogP contribution in [0, 0.1) is 0 Å². The van der Waals surface area contributed by atoms with Crippen molar-refractivity contribution in [2.75, 3.05) is 7.11 Å². The Bertz CT molecular complexity index is 1040. The second-order valence-electron chi connectivity index (χ2n) is 6.69. The zero-order valence-corrected chi connectivity index (χ0v) is 15.7. The Morgan fingerprint density at radius 3 is 2.46 bits per heavy atom. The Kier molecular flexibility index (Phi) is 5.77. The number of benzene rings is 2. The second kappa shape index (κ2) is 8.09. The first-order valence-corrected chi connectivity index (χ1v) is 9.16. The lowest BCUT2D eigenvalue weighted by molar-refractivity contribution is -0.137. The van der Waals surface area contributed by atoms with E-state index < -0.39 is 17.4 Å². The zero-order valence-electron chi connectivity index (χ0n) is 15.7. The van der Waals surface area contributed by atoms with Gasteiger partial charge in [-0.05, 0) is 42.7 Å². The lowest BCUT2D eigenvalue weighted by atomic mass is 9.95. The van der Waals surface area contributed by atoms with Gasteiger partial charge in [0.15, 0.2) is 0 Å². The molecule has 28 heavy (non-hydrogen) atoms. The minimum absolute atomic E-state index is 0.106. The number of alkyl halides is 3. The molecule has 0 fully saturated rings. The van der Waals surface area contributed by atoms with Gasteiger partial charge >= 0.3 is 11.8 Å². The highest BCUT2D eigenvalue weighted by Crippen LogP contribution is 2.38. The van der Waals surface area contributed by atoms with Gasteiger partial charge < -0.3 is 9.15 Å². The fourth-order valence-electron chi connectivity index (χ4n) is 3.20. The van der Waals surface area contributed by atoms with Crippen molar-refractivity contribution in [1.82, 2.24) is 0 Å². The Morgan fingerprint density at radius 2 is 1.79 bits per heavy atom. The molecule has 3 nitrogen and oxygen atoms in total. The maximum atomic E-state index is 13.7. The molecule has 0 N–H and O–H groups in total. The number of halogens is 3. The van der Waals surface area contributed by atoms with Gasteiger partial charge in [-0.15, -0.1) is 0 Å². The maximum Gasteiger partial charge on any atom is 0.417 e. The summed E-state index contributed by atoms with van der Waals surface area (Å²) in [6.45, 7) is 2.04. The maximum absolute atomic E-state index is 13.7. The van der Waals surface area contributed by atoms with Crippen molar-refractivity contribution in [2.24, 2.45) is 0 Å². The number of rotatable bonds is 6. The van der Waals surface area contributed by atoms with Crippen LogP contribution in [0.2, 0.25) is 0 Å². The molecule has 0 spiro atoms. The normalized spacial score (nSPS) is 11.8. The van der Waals surface area contributed by atoms with Crippen molar-refractivity contribution in [2.45, 2.75) is 38.8 Å². The molecule has 0 unspecified atom stereocenters. The molecule has 1 heterocycles. The van der Waals surface area contributed by atoms with Crippen LogP contribution in [0.1, 0.15) is 37.3 Å². The van der Waals surface area contributed by atoms with Crippen LogP contribution in [-0.4, -0.2) is 7.11 Å². The fourth-order valence-corrected chi connectivity index (χ4v) is 3.20. The number of hydrogen-bond donors (Lipinski definition) is 0. The van der Waals surface area contributed by atoms with E-state index in [1.807, 2.05) is 6.92 Å². The first-order valence-electron chi connectivity index (χ1n) is 9.16. The van der Waals surface area contributed by atoms with Crippen LogP contribution in [0.3, 0.4) is 0 Å². The van der Waals surface area contributed by atoms with Crippen molar-refractivity contribution < 1.29 is 22.3 Å². The number of ether oxygens (including phenoxy) is 1. The average molecular weight is 390 g/mol. The number of methoxy groups -OCH3 is 1. The number of unbranched alkanes of at least 4 members (excludes halogenated alkanes) is 2. The van der Waals surface area contributed by atoms with Gasteiger partial charge in [-0.25, -0.2) is 4.79 Å². The second-order valence-corrected chi connectivity index (χ2v) is 6.69. The van der Waals surface area contributed by atoms with Gasteiger partial charge in [0.1, 0.15) is 11.3 Å². The highest BCUT2D eigenvalue weighted by molar-refractivity contribution is 5.83. The van der Waals surface area contributed by atoms with E-state index in [0.29, 0.717) is 23.1 Å². The minimum Gasteiger partial charge on any atom is -0.497 e. The highest BCUT2D eigenvalue weighted by atomic mass is 19.4. The van der Waals surface area contributed by atoms with Crippen molar-refractivity contribution in [3.05, 3.63) is 64.0 Å². The van der Waals surface area contributed by atoms with Crippen LogP contribution >= 0.6 is 0 Å². The van der Waals surface area contributed by atoms with E-state index in [4.69, 9.17) is 9.15 Å². The van der Waals surface area contributed by atoms with E-state index in [2.05, 4.69) is 0 Å². The molecule has 0 atom stereocenters. The molecule has 148 valence electrons. The third-order valence-electron chi connectivity index (χ3n) is 4.69. The lowest BCUT2D eigenvalue weighted by Crippen LogP contribution is -2.12. The predicted octanol–water partition coefficient (Wildman–Crippen LogP) is 6.22. The zero-order chi connectivity index (χ0) is 20.3. The molecule has 1 aromatic heterocycles. The molecule has 0 saturated carbocycles. The lowest BCUT2D eigenvalue weighted by Gasteiger charge is -2.15. The summed E-state index contributed by atoms with van der Waals surface area (Å²) in [5, 5.41) is 0.524. The SMILES string of the molecule is CCCCCc1ccc(-c2cc3ccc(OC)cc3oc2=O)c(C(F)(F)F)c1. The summed E-state index contributed by atoms with van der Waals surface area (Å²) >= 11 is 0. The van der Waals surface area contributed by atoms with E-state index in [-0.39, 0.29) is 16.7 Å². The van der Waals surface area contributed by atoms with Crippen LogP contribution in [0.4, 0.5) is 13.2 Å². The Hall–Kier alpha value is -2.76. The van der Waals surface area contributed by atoms with E-state index >= 15 is 0 Å². The number of aryl methyl sites for hydroxylation is 1. The van der Waals surface area contributed by atoms with Crippen LogP contribution in [0.5, 0.6) is 5.75 Å². The third-order valence-corrected chi connectivity index (χ3v) is 4.69. The van der Waals surface area contributed by atoms with Crippen LogP contribution in [0.15, 0.2) is 51.7 Å². The monoisotopic (exact) mass is 390 g/mol. The van der Waals surface area contributed by atoms with Gasteiger partial charge in [0.05, 0.1) is 18.2 Å². The summed E-state index contributed by atoms with van der Waals surface area (Å²) in [6, 6.07) is 10.4. The van der Waals surface area contributed by atoms with E-state index in [0.717, 1.165) is 25.3 Å². The van der Waals surface area contributed by atoms with Gasteiger partial charge in [-0.3, -0.25) is 0 Å². The standard InChI is InChI=1S/C22H21F3O3/c1-3-4-5-6-14-7-10-17(19(11-14)22(23,24)25)18-12-15-8-9-16(27-2)13-20(15)28-21(18)26/h7-13H,3-6H2,1-2H3. The van der Waals surface area contributed by atoms with E-state index in [9.17, 15) is 18.0 Å². The molecule has 0 aliphatic carbocycles. The van der Waals surface area contributed by atoms with Crippen LogP contribution in [0.25, 0.3) is 22.1 Å². The van der Waals surface area contributed by atoms with Crippen LogP contribution in [-0.2, 0) is 12.6 Å². The van der Waals surface area contributed by atoms with Crippen molar-refractivity contribution in [1.29, 1.82) is 0 Å². The van der Waals surface area contributed by atoms with Crippen molar-refractivity contribution in [3.8, 4) is 16.9 Å². The Morgan fingerprint density at radius 1 is 1.00 bits per heavy atom. The van der Waals surface area contributed by atoms with Gasteiger partial charge in [-0.1, -0.05) is 31.9 Å². The topological polar surface area (TPSA) is 39.4 Å². The molecule has 0 aliphatic rings. The largest absolute Gasteiger partial charge is 0.497 e. The molecule has 3 aromatic rings. The summed E-state index contributed by atoms with van der Waals surface area (Å²) in [7, 11) is 1.48. The van der Waals surface area contributed by atoms with Crippen LogP contribution < -0.4 is 10.4 Å². The average Bonchev–Trinajstić information content (AvgIpc) is 2.66. The quantitative estimate of drug-likeness (QED) is 0.370. The smallest absolute Gasteiger partial charge is 0.417 e. The van der Waals surface area contributed by atoms with Gasteiger partial charge in [0.2, 0.25) is 0 Å². The molecule has 0 bridgehead atoms. The summed E-state index contributed by atoms with van der Waals surface area (Å²) in [5.41, 5.74) is -1.03. The molecule has 0 radical (unpaired) electrons. The number of fused-ring (bicyclic) bond motifs is 1. The van der Waals surface area contributed by atoms with Crippen molar-refractivity contribution >= 4 is 11.0 Å². The summed E-state index contributed by atoms with van der Waals surface area (Å²) in [4.78, 5) is 12.4. The molecule has 0 aliphatic heterocycles. The summed E-state index contributed by atoms with van der Waals surface area (Å²) < 4.78 is 51.4. The van der Waals surface area contributed by atoms with Gasteiger partial charge in [0, 0.05) is 17.0 Å². The number of hydrogen-bond acceptors (Lipinski definition) is 3. The molecular formula is C22H21F3O3. The minimum atomic E-state index is -4.57. The Balaban J connectivity index is 2.11. The summed E-state index contributed by atoms with van der Waals surface area (Å²) in [6.07, 6.45) is -1.22. The fraction of sp³-hybridized carbons (Fsp3) is 0.318. The molecule has 6 heteroatoms. The van der Waals surface area contributed by atoms with Gasteiger partial charge in [0.25, 0.3) is 0 Å².